The molecule has 2 atom stereocenters. The molecule has 0 bridgehead atoms. The quantitative estimate of drug-likeness (QED) is 0.490. The van der Waals surface area contributed by atoms with Crippen LogP contribution in [0.2, 0.25) is 0 Å². The van der Waals surface area contributed by atoms with Gasteiger partial charge in [-0.25, -0.2) is 4.39 Å². The molecule has 4 N–H and O–H groups in total. The molecule has 1 aliphatic carbocycles. The molecule has 0 aliphatic heterocycles. The van der Waals surface area contributed by atoms with Crippen LogP contribution in [0.1, 0.15) is 62.6 Å². The van der Waals surface area contributed by atoms with Crippen LogP contribution in [0.5, 0.6) is 0 Å². The molecule has 0 radical (unpaired) electrons. The summed E-state index contributed by atoms with van der Waals surface area (Å²) in [5, 5.41) is 15.3. The number of halogens is 1. The first-order valence-electron chi connectivity index (χ1n) is 9.90. The Morgan fingerprint density at radius 3 is 2.48 bits per heavy atom. The molecule has 1 fully saturated rings. The van der Waals surface area contributed by atoms with E-state index in [9.17, 15) is 14.2 Å². The normalized spacial score (nSPS) is 17.4. The lowest BCUT2D eigenvalue weighted by atomic mass is 9.66. The van der Waals surface area contributed by atoms with Crippen molar-refractivity contribution in [3.05, 3.63) is 65.0 Å². The van der Waals surface area contributed by atoms with Gasteiger partial charge in [-0.2, -0.15) is 10.4 Å². The van der Waals surface area contributed by atoms with E-state index >= 15 is 0 Å². The monoisotopic (exact) mass is 413 g/mol. The molecule has 2 aromatic carbocycles. The van der Waals surface area contributed by atoms with Crippen molar-refractivity contribution in [2.45, 2.75) is 56.1 Å². The summed E-state index contributed by atoms with van der Waals surface area (Å²) >= 11 is -1.56. The summed E-state index contributed by atoms with van der Waals surface area (Å²) < 4.78 is 25.6. The Morgan fingerprint density at radius 2 is 1.90 bits per heavy atom. The van der Waals surface area contributed by atoms with E-state index in [1.54, 1.807) is 18.2 Å². The zero-order chi connectivity index (χ0) is 21.2. The fourth-order valence-electron chi connectivity index (χ4n) is 4.13. The lowest BCUT2D eigenvalue weighted by Crippen LogP contribution is -2.45. The van der Waals surface area contributed by atoms with Crippen molar-refractivity contribution in [3.63, 3.8) is 0 Å². The van der Waals surface area contributed by atoms with Crippen molar-refractivity contribution >= 4 is 17.0 Å². The van der Waals surface area contributed by atoms with E-state index in [0.717, 1.165) is 24.0 Å². The molecule has 154 valence electrons. The van der Waals surface area contributed by atoms with Crippen molar-refractivity contribution in [1.82, 2.24) is 0 Å². The molecule has 1 saturated carbocycles. The predicted molar refractivity (Wildman–Crippen MR) is 116 cm³/mol. The summed E-state index contributed by atoms with van der Waals surface area (Å²) in [6.07, 6.45) is 4.72. The number of nitrogens with zero attached hydrogens (tertiary/aromatic N) is 1. The topological polar surface area (TPSA) is 98.9 Å². The van der Waals surface area contributed by atoms with E-state index in [-0.39, 0.29) is 5.69 Å². The van der Waals surface area contributed by atoms with Gasteiger partial charge >= 0.3 is 0 Å². The standard InChI is InChI=1S/C23H28FN3OS/c1-22(2,29(27)28)15-23(11-10-16-6-7-16,18-5-3-4-17(12-18)14-25)19-8-9-20(24)21(26)13-19/h3-5,8-9,12-13,16H,6-7,10-11,15,26-27H2,1-2H3. The first kappa shape index (κ1) is 21.6. The number of rotatable bonds is 8. The smallest absolute Gasteiger partial charge is 0.146 e. The summed E-state index contributed by atoms with van der Waals surface area (Å²) in [6.45, 7) is 3.77. The highest BCUT2D eigenvalue weighted by atomic mass is 32.2. The molecule has 2 aromatic rings. The number of benzene rings is 2. The van der Waals surface area contributed by atoms with Crippen molar-refractivity contribution in [2.75, 3.05) is 5.73 Å². The molecule has 0 heterocycles. The highest BCUT2D eigenvalue weighted by Crippen LogP contribution is 2.48. The molecule has 0 saturated heterocycles. The Morgan fingerprint density at radius 1 is 1.21 bits per heavy atom. The molecule has 2 unspecified atom stereocenters. The van der Waals surface area contributed by atoms with Crippen molar-refractivity contribution < 1.29 is 8.94 Å². The first-order valence-corrected chi connectivity index (χ1v) is 11.1. The number of hydrogen-bond donors (Lipinski definition) is 2. The van der Waals surface area contributed by atoms with Gasteiger partial charge in [0.25, 0.3) is 0 Å². The lowest BCUT2D eigenvalue weighted by molar-refractivity contribution is 0.364. The maximum Gasteiger partial charge on any atom is 0.146 e. The van der Waals surface area contributed by atoms with Gasteiger partial charge in [0.2, 0.25) is 0 Å². The van der Waals surface area contributed by atoms with Crippen LogP contribution in [0.25, 0.3) is 0 Å². The van der Waals surface area contributed by atoms with Crippen LogP contribution in [0, 0.1) is 23.1 Å². The number of anilines is 1. The molecule has 29 heavy (non-hydrogen) atoms. The number of nitriles is 1. The van der Waals surface area contributed by atoms with Gasteiger partial charge in [-0.05, 0) is 68.0 Å². The van der Waals surface area contributed by atoms with Crippen LogP contribution >= 0.6 is 0 Å². The second-order valence-electron chi connectivity index (χ2n) is 8.73. The minimum Gasteiger partial charge on any atom is -0.598 e. The molecule has 0 aromatic heterocycles. The van der Waals surface area contributed by atoms with E-state index in [2.05, 4.69) is 6.07 Å². The van der Waals surface area contributed by atoms with E-state index < -0.39 is 27.3 Å². The van der Waals surface area contributed by atoms with Crippen molar-refractivity contribution in [1.29, 1.82) is 5.26 Å². The molecule has 0 amide bonds. The minimum atomic E-state index is -1.56. The third-order valence-corrected chi connectivity index (χ3v) is 7.27. The highest BCUT2D eigenvalue weighted by molar-refractivity contribution is 7.90. The summed E-state index contributed by atoms with van der Waals surface area (Å²) in [5.41, 5.74) is 7.81. The van der Waals surface area contributed by atoms with Gasteiger partial charge in [-0.15, -0.1) is 0 Å². The van der Waals surface area contributed by atoms with Gasteiger partial charge < -0.3 is 10.3 Å². The zero-order valence-electron chi connectivity index (χ0n) is 17.0. The Kier molecular flexibility index (Phi) is 6.23. The average molecular weight is 414 g/mol. The van der Waals surface area contributed by atoms with Gasteiger partial charge in [0.1, 0.15) is 10.6 Å². The van der Waals surface area contributed by atoms with Crippen molar-refractivity contribution in [3.8, 4) is 6.07 Å². The second-order valence-corrected chi connectivity index (χ2v) is 10.4. The SMILES string of the molecule is CC(C)(CC(CCC1CC1)(c1cccc(C#N)c1)c1ccc(F)c(N)c1)[S+](N)[O-]. The Bertz CT molecular complexity index is 921. The third-order valence-electron chi connectivity index (χ3n) is 6.04. The van der Waals surface area contributed by atoms with Gasteiger partial charge in [0, 0.05) is 23.2 Å². The van der Waals surface area contributed by atoms with Gasteiger partial charge in [-0.1, -0.05) is 31.0 Å². The van der Waals surface area contributed by atoms with E-state index in [4.69, 9.17) is 10.9 Å². The Balaban J connectivity index is 2.21. The number of nitrogen functional groups attached to an aromatic ring is 1. The van der Waals surface area contributed by atoms with Crippen LogP contribution in [-0.2, 0) is 16.8 Å². The molecular formula is C23H28FN3OS. The van der Waals surface area contributed by atoms with Crippen LogP contribution in [0.4, 0.5) is 10.1 Å². The molecule has 1 aliphatic rings. The van der Waals surface area contributed by atoms with Crippen LogP contribution in [0.15, 0.2) is 42.5 Å². The maximum absolute atomic E-state index is 14.0. The van der Waals surface area contributed by atoms with E-state index in [1.165, 1.54) is 18.9 Å². The molecule has 6 heteroatoms. The maximum atomic E-state index is 14.0. The molecule has 0 spiro atoms. The Labute approximate surface area is 175 Å². The van der Waals surface area contributed by atoms with Gasteiger partial charge in [0.15, 0.2) is 0 Å². The van der Waals surface area contributed by atoms with Crippen LogP contribution in [-0.4, -0.2) is 9.30 Å². The van der Waals surface area contributed by atoms with E-state index in [1.807, 2.05) is 32.0 Å². The average Bonchev–Trinajstić information content (AvgIpc) is 3.51. The van der Waals surface area contributed by atoms with Gasteiger partial charge in [0.05, 0.1) is 17.3 Å². The predicted octanol–water partition coefficient (Wildman–Crippen LogP) is 4.55. The summed E-state index contributed by atoms with van der Waals surface area (Å²) in [7, 11) is 0. The van der Waals surface area contributed by atoms with Crippen molar-refractivity contribution in [2.24, 2.45) is 11.1 Å². The lowest BCUT2D eigenvalue weighted by Gasteiger charge is -2.41. The van der Waals surface area contributed by atoms with E-state index in [0.29, 0.717) is 17.9 Å². The Hall–Kier alpha value is -2.07. The molecule has 3 rings (SSSR count). The summed E-state index contributed by atoms with van der Waals surface area (Å²) in [5.74, 6) is 0.218. The third kappa shape index (κ3) is 4.75. The first-order chi connectivity index (χ1) is 13.7. The zero-order valence-corrected chi connectivity index (χ0v) is 17.8. The summed E-state index contributed by atoms with van der Waals surface area (Å²) in [4.78, 5) is 0. The van der Waals surface area contributed by atoms with Crippen LogP contribution in [0.3, 0.4) is 0 Å². The second kappa shape index (κ2) is 8.35. The van der Waals surface area contributed by atoms with Crippen LogP contribution < -0.4 is 10.9 Å². The fraction of sp³-hybridized carbons (Fsp3) is 0.435. The number of hydrogen-bond acceptors (Lipinski definition) is 4. The summed E-state index contributed by atoms with van der Waals surface area (Å²) in [6, 6.07) is 14.5. The minimum absolute atomic E-state index is 0.0846. The molecular weight excluding hydrogens is 385 g/mol. The molecule has 4 nitrogen and oxygen atoms in total. The fourth-order valence-corrected chi connectivity index (χ4v) is 4.52. The van der Waals surface area contributed by atoms with Gasteiger partial charge in [-0.3, -0.25) is 0 Å². The highest BCUT2D eigenvalue weighted by Gasteiger charge is 2.45. The largest absolute Gasteiger partial charge is 0.598 e. The number of nitrogens with two attached hydrogens (primary N) is 2.